The lowest BCUT2D eigenvalue weighted by atomic mass is 10.1. The molecule has 2 N–H and O–H groups in total. The average Bonchev–Trinajstić information content (AvgIpc) is 3.15. The van der Waals surface area contributed by atoms with E-state index in [1.54, 1.807) is 18.2 Å². The lowest BCUT2D eigenvalue weighted by Gasteiger charge is -2.08. The maximum atomic E-state index is 13.2. The van der Waals surface area contributed by atoms with E-state index in [2.05, 4.69) is 19.4 Å². The van der Waals surface area contributed by atoms with Gasteiger partial charge in [-0.1, -0.05) is 18.2 Å². The van der Waals surface area contributed by atoms with Crippen molar-refractivity contribution < 1.29 is 14.0 Å². The molecule has 8 heteroatoms. The molecule has 3 rings (SSSR count). The molecule has 0 radical (unpaired) electrons. The van der Waals surface area contributed by atoms with Gasteiger partial charge in [0.15, 0.2) is 5.69 Å². The van der Waals surface area contributed by atoms with Crippen molar-refractivity contribution in [2.24, 2.45) is 0 Å². The van der Waals surface area contributed by atoms with E-state index in [1.165, 1.54) is 30.5 Å². The van der Waals surface area contributed by atoms with Crippen LogP contribution in [0.1, 0.15) is 26.4 Å². The maximum Gasteiger partial charge on any atom is 0.272 e. The maximum absolute atomic E-state index is 13.2. The Balaban J connectivity index is 1.63. The van der Waals surface area contributed by atoms with Crippen LogP contribution in [-0.2, 0) is 6.54 Å². The predicted molar refractivity (Wildman–Crippen MR) is 91.9 cm³/mol. The number of hydrogen-bond donors (Lipinski definition) is 2. The third-order valence-electron chi connectivity index (χ3n) is 3.32. The van der Waals surface area contributed by atoms with E-state index >= 15 is 0 Å². The number of carbonyl (C=O) groups excluding carboxylic acids is 2. The van der Waals surface area contributed by atoms with Crippen LogP contribution >= 0.6 is 11.7 Å². The molecule has 6 nitrogen and oxygen atoms in total. The monoisotopic (exact) mass is 356 g/mol. The summed E-state index contributed by atoms with van der Waals surface area (Å²) in [6, 6.07) is 12.5. The fourth-order valence-corrected chi connectivity index (χ4v) is 2.54. The molecule has 2 amide bonds. The minimum atomic E-state index is -0.472. The number of amides is 2. The summed E-state index contributed by atoms with van der Waals surface area (Å²) in [6.07, 6.45) is 1.40. The van der Waals surface area contributed by atoms with Crippen LogP contribution in [0.5, 0.6) is 0 Å². The molecule has 0 fully saturated rings. The first kappa shape index (κ1) is 16.7. The summed E-state index contributed by atoms with van der Waals surface area (Å²) < 4.78 is 20.8. The lowest BCUT2D eigenvalue weighted by Crippen LogP contribution is -2.23. The second-order valence-corrected chi connectivity index (χ2v) is 5.70. The van der Waals surface area contributed by atoms with Gasteiger partial charge >= 0.3 is 0 Å². The number of hydrogen-bond acceptors (Lipinski definition) is 5. The Morgan fingerprint density at radius 2 is 1.92 bits per heavy atom. The highest BCUT2D eigenvalue weighted by molar-refractivity contribution is 6.99. The lowest BCUT2D eigenvalue weighted by molar-refractivity contribution is 0.0946. The Morgan fingerprint density at radius 3 is 2.68 bits per heavy atom. The number of benzene rings is 2. The molecule has 0 aliphatic rings. The highest BCUT2D eigenvalue weighted by Crippen LogP contribution is 2.13. The van der Waals surface area contributed by atoms with Gasteiger partial charge in [-0.05, 0) is 35.9 Å². The molecule has 0 unspecified atom stereocenters. The SMILES string of the molecule is O=C(Nc1cccc(CNC(=O)c2cnsn2)c1)c1cccc(F)c1. The Bertz CT molecular complexity index is 899. The summed E-state index contributed by atoms with van der Waals surface area (Å²) in [5.41, 5.74) is 1.85. The van der Waals surface area contributed by atoms with Gasteiger partial charge < -0.3 is 10.6 Å². The van der Waals surface area contributed by atoms with Crippen molar-refractivity contribution >= 4 is 29.2 Å². The summed E-state index contributed by atoms with van der Waals surface area (Å²) in [5.74, 6) is -1.20. The second kappa shape index (κ2) is 7.63. The fourth-order valence-electron chi connectivity index (χ4n) is 2.13. The Kier molecular flexibility index (Phi) is 5.10. The van der Waals surface area contributed by atoms with Crippen LogP contribution < -0.4 is 10.6 Å². The van der Waals surface area contributed by atoms with Crippen LogP contribution in [-0.4, -0.2) is 20.6 Å². The molecule has 2 aromatic carbocycles. The molecule has 0 aliphatic heterocycles. The quantitative estimate of drug-likeness (QED) is 0.736. The van der Waals surface area contributed by atoms with E-state index in [0.29, 0.717) is 5.69 Å². The molecule has 0 atom stereocenters. The first-order valence-corrected chi connectivity index (χ1v) is 8.06. The molecule has 3 aromatic rings. The Labute approximate surface area is 147 Å². The van der Waals surface area contributed by atoms with Crippen LogP contribution in [0, 0.1) is 5.82 Å². The normalized spacial score (nSPS) is 10.3. The van der Waals surface area contributed by atoms with Gasteiger partial charge in [0, 0.05) is 17.8 Å². The molecule has 126 valence electrons. The molecule has 25 heavy (non-hydrogen) atoms. The van der Waals surface area contributed by atoms with Gasteiger partial charge in [0.05, 0.1) is 17.9 Å². The smallest absolute Gasteiger partial charge is 0.272 e. The number of aromatic nitrogens is 2. The van der Waals surface area contributed by atoms with Crippen molar-refractivity contribution in [3.63, 3.8) is 0 Å². The van der Waals surface area contributed by atoms with Gasteiger partial charge in [0.2, 0.25) is 0 Å². The molecule has 1 aromatic heterocycles. The van der Waals surface area contributed by atoms with E-state index in [-0.39, 0.29) is 23.7 Å². The average molecular weight is 356 g/mol. The fraction of sp³-hybridized carbons (Fsp3) is 0.0588. The van der Waals surface area contributed by atoms with Crippen molar-refractivity contribution in [2.75, 3.05) is 5.32 Å². The van der Waals surface area contributed by atoms with Crippen molar-refractivity contribution in [1.82, 2.24) is 14.1 Å². The third kappa shape index (κ3) is 4.45. The summed E-state index contributed by atoms with van der Waals surface area (Å²) in [4.78, 5) is 24.0. The van der Waals surface area contributed by atoms with E-state index in [1.807, 2.05) is 6.07 Å². The summed E-state index contributed by atoms with van der Waals surface area (Å²) in [6.45, 7) is 0.278. The van der Waals surface area contributed by atoms with E-state index < -0.39 is 11.7 Å². The molecule has 0 saturated carbocycles. The second-order valence-electron chi connectivity index (χ2n) is 5.14. The molecular weight excluding hydrogens is 343 g/mol. The van der Waals surface area contributed by atoms with Crippen molar-refractivity contribution in [3.8, 4) is 0 Å². The van der Waals surface area contributed by atoms with E-state index in [0.717, 1.165) is 17.3 Å². The van der Waals surface area contributed by atoms with Crippen LogP contribution in [0.4, 0.5) is 10.1 Å². The minimum Gasteiger partial charge on any atom is -0.347 e. The van der Waals surface area contributed by atoms with E-state index in [9.17, 15) is 14.0 Å². The third-order valence-corrected chi connectivity index (χ3v) is 3.80. The van der Waals surface area contributed by atoms with E-state index in [4.69, 9.17) is 0 Å². The highest BCUT2D eigenvalue weighted by Gasteiger charge is 2.09. The van der Waals surface area contributed by atoms with Crippen LogP contribution in [0.15, 0.2) is 54.7 Å². The van der Waals surface area contributed by atoms with Gasteiger partial charge in [0.25, 0.3) is 11.8 Å². The Hall–Kier alpha value is -3.13. The van der Waals surface area contributed by atoms with Gasteiger partial charge in [-0.2, -0.15) is 8.75 Å². The van der Waals surface area contributed by atoms with Crippen molar-refractivity contribution in [2.45, 2.75) is 6.54 Å². The number of rotatable bonds is 5. The van der Waals surface area contributed by atoms with Gasteiger partial charge in [-0.15, -0.1) is 0 Å². The highest BCUT2D eigenvalue weighted by atomic mass is 32.1. The molecular formula is C17H13FN4O2S. The zero-order chi connectivity index (χ0) is 17.6. The topological polar surface area (TPSA) is 84.0 Å². The number of nitrogens with zero attached hydrogens (tertiary/aromatic N) is 2. The standard InChI is InChI=1S/C17H13FN4O2S/c18-13-5-2-4-12(8-13)16(23)21-14-6-1-3-11(7-14)9-19-17(24)15-10-20-25-22-15/h1-8,10H,9H2,(H,19,24)(H,21,23). The van der Waals surface area contributed by atoms with Crippen LogP contribution in [0.3, 0.4) is 0 Å². The molecule has 0 aliphatic carbocycles. The number of nitrogens with one attached hydrogen (secondary N) is 2. The Morgan fingerprint density at radius 1 is 1.08 bits per heavy atom. The molecule has 0 bridgehead atoms. The largest absolute Gasteiger partial charge is 0.347 e. The van der Waals surface area contributed by atoms with Crippen molar-refractivity contribution in [1.29, 1.82) is 0 Å². The van der Waals surface area contributed by atoms with Crippen molar-refractivity contribution in [3.05, 3.63) is 77.4 Å². The van der Waals surface area contributed by atoms with Gasteiger partial charge in [-0.3, -0.25) is 9.59 Å². The first-order valence-electron chi connectivity index (χ1n) is 7.33. The summed E-state index contributed by atoms with van der Waals surface area (Å²) in [5, 5.41) is 5.43. The molecule has 0 saturated heterocycles. The zero-order valence-corrected chi connectivity index (χ0v) is 13.7. The molecule has 0 spiro atoms. The number of halogens is 1. The first-order chi connectivity index (χ1) is 12.1. The number of carbonyl (C=O) groups is 2. The zero-order valence-electron chi connectivity index (χ0n) is 12.9. The summed E-state index contributed by atoms with van der Waals surface area (Å²) in [7, 11) is 0. The predicted octanol–water partition coefficient (Wildman–Crippen LogP) is 2.86. The van der Waals surface area contributed by atoms with Gasteiger partial charge in [0.1, 0.15) is 5.82 Å². The van der Waals surface area contributed by atoms with Crippen LogP contribution in [0.2, 0.25) is 0 Å². The van der Waals surface area contributed by atoms with Crippen LogP contribution in [0.25, 0.3) is 0 Å². The van der Waals surface area contributed by atoms with Gasteiger partial charge in [-0.25, -0.2) is 4.39 Å². The molecule has 1 heterocycles. The number of anilines is 1. The minimum absolute atomic E-state index is 0.231. The summed E-state index contributed by atoms with van der Waals surface area (Å²) >= 11 is 0.963.